The van der Waals surface area contributed by atoms with Gasteiger partial charge in [-0.1, -0.05) is 24.3 Å². The van der Waals surface area contributed by atoms with Crippen molar-refractivity contribution in [2.24, 2.45) is 0 Å². The smallest absolute Gasteiger partial charge is 0.173 e. The molecule has 19 heavy (non-hydrogen) atoms. The Kier molecular flexibility index (Phi) is 3.74. The predicted octanol–water partition coefficient (Wildman–Crippen LogP) is 4.01. The molecule has 0 N–H and O–H groups in total. The Hall–Kier alpha value is -2.03. The zero-order valence-corrected chi connectivity index (χ0v) is 10.8. The van der Waals surface area contributed by atoms with Crippen molar-refractivity contribution in [3.63, 3.8) is 0 Å². The molecule has 2 aromatic carbocycles. The highest BCUT2D eigenvalue weighted by Crippen LogP contribution is 2.19. The lowest BCUT2D eigenvalue weighted by molar-refractivity contribution is 0.0984. The molecule has 0 unspecified atom stereocenters. The SMILES string of the molecule is Cc1cccc(C)c1CC(=O)c1c(F)cccc1F. The van der Waals surface area contributed by atoms with E-state index in [0.29, 0.717) is 0 Å². The third kappa shape index (κ3) is 2.70. The number of rotatable bonds is 3. The van der Waals surface area contributed by atoms with Crippen molar-refractivity contribution in [1.82, 2.24) is 0 Å². The Morgan fingerprint density at radius 2 is 1.42 bits per heavy atom. The van der Waals surface area contributed by atoms with Crippen LogP contribution in [-0.4, -0.2) is 5.78 Å². The van der Waals surface area contributed by atoms with Crippen LogP contribution in [-0.2, 0) is 6.42 Å². The highest BCUT2D eigenvalue weighted by atomic mass is 19.1. The third-order valence-corrected chi connectivity index (χ3v) is 3.22. The van der Waals surface area contributed by atoms with Crippen LogP contribution in [0.3, 0.4) is 0 Å². The highest BCUT2D eigenvalue weighted by Gasteiger charge is 2.18. The number of carbonyl (C=O) groups is 1. The molecular weight excluding hydrogens is 246 g/mol. The van der Waals surface area contributed by atoms with Crippen LogP contribution in [0, 0.1) is 25.5 Å². The summed E-state index contributed by atoms with van der Waals surface area (Å²) in [7, 11) is 0. The first-order valence-corrected chi connectivity index (χ1v) is 6.03. The van der Waals surface area contributed by atoms with Crippen LogP contribution >= 0.6 is 0 Å². The second-order valence-corrected chi connectivity index (χ2v) is 4.57. The van der Waals surface area contributed by atoms with Gasteiger partial charge in [-0.15, -0.1) is 0 Å². The molecule has 0 aliphatic rings. The van der Waals surface area contributed by atoms with Crippen LogP contribution in [0.4, 0.5) is 8.78 Å². The molecule has 2 rings (SSSR count). The summed E-state index contributed by atoms with van der Waals surface area (Å²) in [6, 6.07) is 9.10. The molecule has 0 amide bonds. The summed E-state index contributed by atoms with van der Waals surface area (Å²) >= 11 is 0. The van der Waals surface area contributed by atoms with Crippen molar-refractivity contribution in [3.8, 4) is 0 Å². The van der Waals surface area contributed by atoms with Gasteiger partial charge in [-0.05, 0) is 42.7 Å². The van der Waals surface area contributed by atoms with Crippen LogP contribution in [0.2, 0.25) is 0 Å². The summed E-state index contributed by atoms with van der Waals surface area (Å²) in [6.07, 6.45) is 0.0103. The second-order valence-electron chi connectivity index (χ2n) is 4.57. The van der Waals surface area contributed by atoms with E-state index < -0.39 is 23.0 Å². The first kappa shape index (κ1) is 13.4. The van der Waals surface area contributed by atoms with Crippen molar-refractivity contribution >= 4 is 5.78 Å². The van der Waals surface area contributed by atoms with E-state index >= 15 is 0 Å². The summed E-state index contributed by atoms with van der Waals surface area (Å²) in [5.41, 5.74) is 2.27. The molecular formula is C16H14F2O. The lowest BCUT2D eigenvalue weighted by Gasteiger charge is -2.09. The quantitative estimate of drug-likeness (QED) is 0.762. The number of benzene rings is 2. The van der Waals surface area contributed by atoms with Gasteiger partial charge in [-0.3, -0.25) is 4.79 Å². The molecule has 0 saturated carbocycles. The van der Waals surface area contributed by atoms with Crippen molar-refractivity contribution in [3.05, 3.63) is 70.3 Å². The van der Waals surface area contributed by atoms with Crippen LogP contribution in [0.25, 0.3) is 0 Å². The van der Waals surface area contributed by atoms with Gasteiger partial charge < -0.3 is 0 Å². The molecule has 3 heteroatoms. The molecule has 0 saturated heterocycles. The molecule has 0 spiro atoms. The van der Waals surface area contributed by atoms with Gasteiger partial charge in [0, 0.05) is 6.42 Å². The molecule has 0 aliphatic heterocycles. The first-order valence-electron chi connectivity index (χ1n) is 6.03. The zero-order chi connectivity index (χ0) is 14.0. The third-order valence-electron chi connectivity index (χ3n) is 3.22. The van der Waals surface area contributed by atoms with Crippen LogP contribution in [0.15, 0.2) is 36.4 Å². The van der Waals surface area contributed by atoms with Crippen LogP contribution in [0.5, 0.6) is 0 Å². The standard InChI is InChI=1S/C16H14F2O/c1-10-5-3-6-11(2)12(10)9-15(19)16-13(17)7-4-8-14(16)18/h3-8H,9H2,1-2H3. The van der Waals surface area contributed by atoms with E-state index in [0.717, 1.165) is 28.8 Å². The zero-order valence-electron chi connectivity index (χ0n) is 10.8. The number of carbonyl (C=O) groups excluding carboxylic acids is 1. The van der Waals surface area contributed by atoms with Gasteiger partial charge in [-0.2, -0.15) is 0 Å². The molecule has 98 valence electrons. The summed E-state index contributed by atoms with van der Waals surface area (Å²) < 4.78 is 27.1. The van der Waals surface area contributed by atoms with Gasteiger partial charge in [0.25, 0.3) is 0 Å². The molecule has 0 heterocycles. The van der Waals surface area contributed by atoms with Crippen LogP contribution < -0.4 is 0 Å². The van der Waals surface area contributed by atoms with E-state index in [2.05, 4.69) is 0 Å². The summed E-state index contributed by atoms with van der Waals surface area (Å²) in [5, 5.41) is 0. The van der Waals surface area contributed by atoms with Crippen molar-refractivity contribution in [1.29, 1.82) is 0 Å². The number of ketones is 1. The fraction of sp³-hybridized carbons (Fsp3) is 0.188. The van der Waals surface area contributed by atoms with E-state index in [9.17, 15) is 13.6 Å². The largest absolute Gasteiger partial charge is 0.294 e. The Bertz CT molecular complexity index is 592. The van der Waals surface area contributed by atoms with Gasteiger partial charge in [0.1, 0.15) is 11.6 Å². The monoisotopic (exact) mass is 260 g/mol. The van der Waals surface area contributed by atoms with E-state index in [1.54, 1.807) is 0 Å². The average molecular weight is 260 g/mol. The summed E-state index contributed by atoms with van der Waals surface area (Å²) in [6.45, 7) is 3.76. The minimum atomic E-state index is -0.809. The first-order chi connectivity index (χ1) is 9.00. The molecule has 0 fully saturated rings. The molecule has 1 nitrogen and oxygen atoms in total. The van der Waals surface area contributed by atoms with Gasteiger partial charge in [0.15, 0.2) is 5.78 Å². The van der Waals surface area contributed by atoms with E-state index in [1.165, 1.54) is 6.07 Å². The van der Waals surface area contributed by atoms with Gasteiger partial charge >= 0.3 is 0 Å². The molecule has 0 atom stereocenters. The number of hydrogen-bond donors (Lipinski definition) is 0. The summed E-state index contributed by atoms with van der Waals surface area (Å²) in [4.78, 5) is 12.1. The van der Waals surface area contributed by atoms with E-state index in [-0.39, 0.29) is 6.42 Å². The van der Waals surface area contributed by atoms with Gasteiger partial charge in [0.05, 0.1) is 5.56 Å². The van der Waals surface area contributed by atoms with E-state index in [4.69, 9.17) is 0 Å². The Balaban J connectivity index is 2.37. The predicted molar refractivity (Wildman–Crippen MR) is 70.3 cm³/mol. The lowest BCUT2D eigenvalue weighted by atomic mass is 9.95. The number of aryl methyl sites for hydroxylation is 2. The Labute approximate surface area is 110 Å². The number of Topliss-reactive ketones (excluding diaryl/α,β-unsaturated/α-hetero) is 1. The second kappa shape index (κ2) is 5.31. The van der Waals surface area contributed by atoms with Crippen molar-refractivity contribution in [2.75, 3.05) is 0 Å². The average Bonchev–Trinajstić information content (AvgIpc) is 2.34. The van der Waals surface area contributed by atoms with Gasteiger partial charge in [0.2, 0.25) is 0 Å². The highest BCUT2D eigenvalue weighted by molar-refractivity contribution is 5.98. The van der Waals surface area contributed by atoms with Gasteiger partial charge in [-0.25, -0.2) is 8.78 Å². The van der Waals surface area contributed by atoms with Crippen molar-refractivity contribution in [2.45, 2.75) is 20.3 Å². The normalized spacial score (nSPS) is 10.5. The maximum Gasteiger partial charge on any atom is 0.173 e. The number of hydrogen-bond acceptors (Lipinski definition) is 1. The molecule has 2 aromatic rings. The maximum atomic E-state index is 13.5. The fourth-order valence-electron chi connectivity index (χ4n) is 2.14. The number of halogens is 2. The van der Waals surface area contributed by atoms with Crippen molar-refractivity contribution < 1.29 is 13.6 Å². The fourth-order valence-corrected chi connectivity index (χ4v) is 2.14. The molecule has 0 aliphatic carbocycles. The topological polar surface area (TPSA) is 17.1 Å². The lowest BCUT2D eigenvalue weighted by Crippen LogP contribution is -2.10. The Morgan fingerprint density at radius 1 is 0.947 bits per heavy atom. The molecule has 0 aromatic heterocycles. The summed E-state index contributed by atoms with van der Waals surface area (Å²) in [5.74, 6) is -2.15. The maximum absolute atomic E-state index is 13.5. The molecule has 0 radical (unpaired) electrons. The minimum Gasteiger partial charge on any atom is -0.294 e. The molecule has 0 bridgehead atoms. The Morgan fingerprint density at radius 3 is 1.95 bits per heavy atom. The minimum absolute atomic E-state index is 0.0103. The van der Waals surface area contributed by atoms with Crippen LogP contribution in [0.1, 0.15) is 27.0 Å². The van der Waals surface area contributed by atoms with E-state index in [1.807, 2.05) is 32.0 Å².